The van der Waals surface area contributed by atoms with E-state index in [1.54, 1.807) is 6.42 Å². The number of hydrogen-bond donors (Lipinski definition) is 0. The van der Waals surface area contributed by atoms with Gasteiger partial charge in [-0.3, -0.25) is 4.98 Å². The molecule has 0 aliphatic carbocycles. The van der Waals surface area contributed by atoms with Crippen molar-refractivity contribution < 1.29 is 4.39 Å². The van der Waals surface area contributed by atoms with E-state index in [1.807, 2.05) is 30.3 Å². The first kappa shape index (κ1) is 11.4. The van der Waals surface area contributed by atoms with Gasteiger partial charge in [-0.15, -0.1) is 0 Å². The van der Waals surface area contributed by atoms with E-state index in [-0.39, 0.29) is 10.0 Å². The standard InChI is InChI=1S/C12H7Cl2FN/c13-9-7-16-10(11(14)12(9)15)6-8-4-2-1-3-5-8/h1-7H. The molecule has 0 amide bonds. The van der Waals surface area contributed by atoms with Crippen LogP contribution in [0.25, 0.3) is 0 Å². The van der Waals surface area contributed by atoms with Crippen molar-refractivity contribution in [1.82, 2.24) is 4.98 Å². The van der Waals surface area contributed by atoms with Gasteiger partial charge in [0.1, 0.15) is 5.02 Å². The van der Waals surface area contributed by atoms with E-state index in [0.29, 0.717) is 5.69 Å². The molecular formula is C12H7Cl2FN. The van der Waals surface area contributed by atoms with Crippen LogP contribution in [-0.4, -0.2) is 4.98 Å². The van der Waals surface area contributed by atoms with Gasteiger partial charge in [-0.1, -0.05) is 53.5 Å². The highest BCUT2D eigenvalue weighted by Gasteiger charge is 2.12. The Balaban J connectivity index is 2.33. The van der Waals surface area contributed by atoms with Gasteiger partial charge in [0.25, 0.3) is 0 Å². The van der Waals surface area contributed by atoms with Crippen LogP contribution in [-0.2, 0) is 0 Å². The fourth-order valence-electron chi connectivity index (χ4n) is 1.26. The summed E-state index contributed by atoms with van der Waals surface area (Å²) in [5.74, 6) is -0.638. The number of pyridine rings is 1. The third-order valence-corrected chi connectivity index (χ3v) is 2.67. The molecule has 0 saturated carbocycles. The van der Waals surface area contributed by atoms with E-state index in [2.05, 4.69) is 4.98 Å². The van der Waals surface area contributed by atoms with Crippen molar-refractivity contribution in [2.45, 2.75) is 0 Å². The predicted octanol–water partition coefficient (Wildman–Crippen LogP) is 4.13. The van der Waals surface area contributed by atoms with Gasteiger partial charge in [0.15, 0.2) is 5.82 Å². The summed E-state index contributed by atoms with van der Waals surface area (Å²) in [5.41, 5.74) is 1.27. The van der Waals surface area contributed by atoms with E-state index < -0.39 is 5.82 Å². The van der Waals surface area contributed by atoms with Crippen LogP contribution in [0.4, 0.5) is 4.39 Å². The Morgan fingerprint density at radius 1 is 1.12 bits per heavy atom. The maximum Gasteiger partial charge on any atom is 0.163 e. The zero-order valence-electron chi connectivity index (χ0n) is 8.12. The molecule has 81 valence electrons. The normalized spacial score (nSPS) is 10.4. The summed E-state index contributed by atoms with van der Waals surface area (Å²) in [6, 6.07) is 9.42. The maximum atomic E-state index is 13.4. The first-order chi connectivity index (χ1) is 7.68. The minimum absolute atomic E-state index is 0.0589. The van der Waals surface area contributed by atoms with Gasteiger partial charge in [0, 0.05) is 12.6 Å². The minimum atomic E-state index is -0.638. The Hall–Kier alpha value is -1.12. The summed E-state index contributed by atoms with van der Waals surface area (Å²) in [5, 5.41) is -0.133. The van der Waals surface area contributed by atoms with Crippen molar-refractivity contribution in [3.8, 4) is 0 Å². The van der Waals surface area contributed by atoms with E-state index in [4.69, 9.17) is 23.2 Å². The second-order valence-corrected chi connectivity index (χ2v) is 3.96. The highest BCUT2D eigenvalue weighted by molar-refractivity contribution is 6.35. The molecule has 2 aromatic rings. The van der Waals surface area contributed by atoms with Crippen LogP contribution in [0.2, 0.25) is 10.0 Å². The third kappa shape index (κ3) is 2.34. The molecular weight excluding hydrogens is 248 g/mol. The van der Waals surface area contributed by atoms with Crippen LogP contribution in [0.3, 0.4) is 0 Å². The number of halogens is 3. The zero-order valence-corrected chi connectivity index (χ0v) is 9.63. The number of hydrogen-bond acceptors (Lipinski definition) is 1. The fourth-order valence-corrected chi connectivity index (χ4v) is 1.66. The summed E-state index contributed by atoms with van der Waals surface area (Å²) >= 11 is 11.3. The molecule has 1 aromatic carbocycles. The van der Waals surface area contributed by atoms with E-state index >= 15 is 0 Å². The Morgan fingerprint density at radius 3 is 2.50 bits per heavy atom. The Bertz CT molecular complexity index is 500. The lowest BCUT2D eigenvalue weighted by atomic mass is 10.1. The molecule has 0 bridgehead atoms. The second-order valence-electron chi connectivity index (χ2n) is 3.17. The quantitative estimate of drug-likeness (QED) is 0.786. The van der Waals surface area contributed by atoms with Crippen molar-refractivity contribution in [2.75, 3.05) is 0 Å². The van der Waals surface area contributed by atoms with Crippen LogP contribution in [0.15, 0.2) is 36.5 Å². The van der Waals surface area contributed by atoms with Gasteiger partial charge in [-0.05, 0) is 5.56 Å². The SMILES string of the molecule is Fc1c(Cl)cnc([CH]c2ccccc2)c1Cl. The molecule has 2 rings (SSSR count). The van der Waals surface area contributed by atoms with Crippen LogP contribution in [0.1, 0.15) is 11.3 Å². The molecule has 0 unspecified atom stereocenters. The van der Waals surface area contributed by atoms with Crippen molar-refractivity contribution >= 4 is 23.2 Å². The molecule has 0 N–H and O–H groups in total. The monoisotopic (exact) mass is 254 g/mol. The van der Waals surface area contributed by atoms with Gasteiger partial charge >= 0.3 is 0 Å². The zero-order chi connectivity index (χ0) is 11.5. The van der Waals surface area contributed by atoms with Crippen LogP contribution >= 0.6 is 23.2 Å². The van der Waals surface area contributed by atoms with Gasteiger partial charge < -0.3 is 0 Å². The molecule has 1 radical (unpaired) electrons. The molecule has 0 saturated heterocycles. The Kier molecular flexibility index (Phi) is 3.42. The fraction of sp³-hybridized carbons (Fsp3) is 0. The van der Waals surface area contributed by atoms with E-state index in [1.165, 1.54) is 6.20 Å². The molecule has 1 aromatic heterocycles. The van der Waals surface area contributed by atoms with Crippen molar-refractivity contribution in [1.29, 1.82) is 0 Å². The van der Waals surface area contributed by atoms with E-state index in [0.717, 1.165) is 5.56 Å². The molecule has 0 aliphatic heterocycles. The molecule has 0 aliphatic rings. The van der Waals surface area contributed by atoms with Crippen LogP contribution < -0.4 is 0 Å². The Labute approximate surface area is 103 Å². The molecule has 1 nitrogen and oxygen atoms in total. The average molecular weight is 255 g/mol. The summed E-state index contributed by atoms with van der Waals surface area (Å²) in [4.78, 5) is 3.97. The van der Waals surface area contributed by atoms with Crippen molar-refractivity contribution in [2.24, 2.45) is 0 Å². The largest absolute Gasteiger partial charge is 0.257 e. The first-order valence-electron chi connectivity index (χ1n) is 4.58. The van der Waals surface area contributed by atoms with Crippen LogP contribution in [0.5, 0.6) is 0 Å². The van der Waals surface area contributed by atoms with Gasteiger partial charge in [-0.25, -0.2) is 4.39 Å². The lowest BCUT2D eigenvalue weighted by molar-refractivity contribution is 0.625. The smallest absolute Gasteiger partial charge is 0.163 e. The number of nitrogens with zero attached hydrogens (tertiary/aromatic N) is 1. The summed E-state index contributed by atoms with van der Waals surface area (Å²) in [6.07, 6.45) is 2.94. The highest BCUT2D eigenvalue weighted by atomic mass is 35.5. The molecule has 0 spiro atoms. The van der Waals surface area contributed by atoms with Gasteiger partial charge in [0.05, 0.1) is 10.7 Å². The number of benzene rings is 1. The maximum absolute atomic E-state index is 13.4. The van der Waals surface area contributed by atoms with Gasteiger partial charge in [0.2, 0.25) is 0 Å². The lowest BCUT2D eigenvalue weighted by Gasteiger charge is -2.04. The summed E-state index contributed by atoms with van der Waals surface area (Å²) in [7, 11) is 0. The first-order valence-corrected chi connectivity index (χ1v) is 5.33. The van der Waals surface area contributed by atoms with Crippen LogP contribution in [0, 0.1) is 12.2 Å². The summed E-state index contributed by atoms with van der Waals surface area (Å²) in [6.45, 7) is 0. The molecule has 0 atom stereocenters. The van der Waals surface area contributed by atoms with Crippen molar-refractivity contribution in [3.63, 3.8) is 0 Å². The summed E-state index contributed by atoms with van der Waals surface area (Å²) < 4.78 is 13.4. The minimum Gasteiger partial charge on any atom is -0.257 e. The predicted molar refractivity (Wildman–Crippen MR) is 63.2 cm³/mol. The molecule has 0 fully saturated rings. The lowest BCUT2D eigenvalue weighted by Crippen LogP contribution is -1.94. The Morgan fingerprint density at radius 2 is 1.81 bits per heavy atom. The van der Waals surface area contributed by atoms with Gasteiger partial charge in [-0.2, -0.15) is 0 Å². The number of rotatable bonds is 2. The molecule has 4 heteroatoms. The topological polar surface area (TPSA) is 12.9 Å². The van der Waals surface area contributed by atoms with Crippen molar-refractivity contribution in [3.05, 3.63) is 70.1 Å². The van der Waals surface area contributed by atoms with E-state index in [9.17, 15) is 4.39 Å². The molecule has 16 heavy (non-hydrogen) atoms. The third-order valence-electron chi connectivity index (χ3n) is 2.05. The number of aromatic nitrogens is 1. The average Bonchev–Trinajstić information content (AvgIpc) is 2.31. The second kappa shape index (κ2) is 4.81. The highest BCUT2D eigenvalue weighted by Crippen LogP contribution is 2.26. The molecule has 1 heterocycles.